The summed E-state index contributed by atoms with van der Waals surface area (Å²) >= 11 is 0. The second-order valence-electron chi connectivity index (χ2n) is 26.2. The van der Waals surface area contributed by atoms with Gasteiger partial charge in [0.2, 0.25) is 0 Å². The topological polar surface area (TPSA) is 134 Å². The van der Waals surface area contributed by atoms with Crippen molar-refractivity contribution >= 4 is 11.9 Å². The minimum atomic E-state index is -0.344. The second-order valence-corrected chi connectivity index (χ2v) is 26.2. The number of carbonyl (C=O) groups is 2. The summed E-state index contributed by atoms with van der Waals surface area (Å²) in [5.74, 6) is 1.05. The molecule has 0 aliphatic carbocycles. The number of carbonyl (C=O) groups excluding carboxylic acids is 2. The molecule has 0 aliphatic rings. The number of aromatic hydroxyl groups is 2. The second kappa shape index (κ2) is 23.9. The van der Waals surface area contributed by atoms with Gasteiger partial charge in [0.1, 0.15) is 23.0 Å². The van der Waals surface area contributed by atoms with Crippen LogP contribution in [-0.4, -0.2) is 45.6 Å². The van der Waals surface area contributed by atoms with Gasteiger partial charge in [-0.25, -0.2) is 0 Å². The predicted octanol–water partition coefficient (Wildman–Crippen LogP) is 14.7. The highest BCUT2D eigenvalue weighted by Crippen LogP contribution is 2.44. The van der Waals surface area contributed by atoms with E-state index in [9.17, 15) is 19.8 Å². The van der Waals surface area contributed by atoms with Crippen LogP contribution in [0.2, 0.25) is 0 Å². The summed E-state index contributed by atoms with van der Waals surface area (Å²) in [4.78, 5) is 28.1. The van der Waals surface area contributed by atoms with E-state index < -0.39 is 0 Å². The highest BCUT2D eigenvalue weighted by Gasteiger charge is 2.31. The van der Waals surface area contributed by atoms with Crippen molar-refractivity contribution in [3.63, 3.8) is 0 Å². The molecule has 0 aromatic heterocycles. The van der Waals surface area contributed by atoms with E-state index in [1.807, 2.05) is 24.3 Å². The number of aryl methyl sites for hydroxylation is 4. The molecule has 8 heteroatoms. The molecule has 0 saturated heterocycles. The van der Waals surface area contributed by atoms with Crippen molar-refractivity contribution in [1.29, 1.82) is 0 Å². The smallest absolute Gasteiger partial charge is 0.311 e. The van der Waals surface area contributed by atoms with E-state index in [-0.39, 0.29) is 70.5 Å². The van der Waals surface area contributed by atoms with Gasteiger partial charge in [0.25, 0.3) is 0 Å². The minimum Gasteiger partial charge on any atom is -0.507 e. The van der Waals surface area contributed by atoms with Crippen LogP contribution in [0.5, 0.6) is 23.0 Å². The summed E-state index contributed by atoms with van der Waals surface area (Å²) in [6.45, 7) is 42.5. The fourth-order valence-corrected chi connectivity index (χ4v) is 8.88. The number of phenols is 2. The van der Waals surface area contributed by atoms with Crippen LogP contribution in [0.1, 0.15) is 230 Å². The van der Waals surface area contributed by atoms with Crippen molar-refractivity contribution in [1.82, 2.24) is 0 Å². The number of rotatable bonds is 15. The third kappa shape index (κ3) is 17.5. The molecule has 4 aromatic carbocycles. The molecule has 0 amide bonds. The molecule has 0 saturated carbocycles. The van der Waals surface area contributed by atoms with Gasteiger partial charge < -0.3 is 29.9 Å². The molecule has 0 aliphatic heterocycles. The Morgan fingerprint density at radius 1 is 0.408 bits per heavy atom. The first-order valence-corrected chi connectivity index (χ1v) is 26.0. The molecule has 0 radical (unpaired) electrons. The normalized spacial score (nSPS) is 12.6. The van der Waals surface area contributed by atoms with Crippen molar-refractivity contribution in [3.8, 4) is 23.0 Å². The van der Waals surface area contributed by atoms with E-state index in [4.69, 9.17) is 19.7 Å². The molecule has 71 heavy (non-hydrogen) atoms. The van der Waals surface area contributed by atoms with E-state index in [1.165, 1.54) is 0 Å². The fourth-order valence-electron chi connectivity index (χ4n) is 8.88. The Morgan fingerprint density at radius 3 is 0.915 bits per heavy atom. The summed E-state index contributed by atoms with van der Waals surface area (Å²) in [7, 11) is 0. The van der Waals surface area contributed by atoms with Crippen molar-refractivity contribution in [2.45, 2.75) is 229 Å². The number of aliphatic hydroxyl groups excluding tert-OH is 2. The van der Waals surface area contributed by atoms with Gasteiger partial charge in [0.05, 0.1) is 0 Å². The van der Waals surface area contributed by atoms with Gasteiger partial charge in [-0.05, 0) is 117 Å². The third-order valence-electron chi connectivity index (χ3n) is 12.9. The van der Waals surface area contributed by atoms with Crippen molar-refractivity contribution in [3.05, 3.63) is 115 Å². The molecular weight excluding hydrogens is 885 g/mol. The van der Waals surface area contributed by atoms with E-state index in [0.717, 1.165) is 92.4 Å². The Kier molecular flexibility index (Phi) is 20.4. The predicted molar refractivity (Wildman–Crippen MR) is 294 cm³/mol. The van der Waals surface area contributed by atoms with E-state index >= 15 is 0 Å². The third-order valence-corrected chi connectivity index (χ3v) is 12.9. The number of hydrogen-bond donors (Lipinski definition) is 4. The summed E-state index contributed by atoms with van der Waals surface area (Å²) in [5, 5.41) is 39.2. The summed E-state index contributed by atoms with van der Waals surface area (Å²) in [6.07, 6.45) is 5.45. The van der Waals surface area contributed by atoms with Crippen LogP contribution in [-0.2, 0) is 61.3 Å². The number of benzene rings is 4. The molecule has 4 aromatic rings. The van der Waals surface area contributed by atoms with Crippen LogP contribution in [0.25, 0.3) is 0 Å². The van der Waals surface area contributed by atoms with Gasteiger partial charge in [-0.3, -0.25) is 9.59 Å². The lowest BCUT2D eigenvalue weighted by atomic mass is 9.78. The van der Waals surface area contributed by atoms with Gasteiger partial charge in [0, 0.05) is 43.6 Å². The molecule has 4 rings (SSSR count). The lowest BCUT2D eigenvalue weighted by Crippen LogP contribution is -2.20. The first-order valence-electron chi connectivity index (χ1n) is 26.0. The van der Waals surface area contributed by atoms with Crippen molar-refractivity contribution in [2.24, 2.45) is 0 Å². The largest absolute Gasteiger partial charge is 0.507 e. The standard InChI is InChI=1S/C57H80O6.C6H14O2/c1-34-25-38(50(44(27-34)56(15,16)17)62-46(58)23-21-36-29-40(52(3,4)5)48(60)41(30-36)53(6,7)8)33-39-26-35(2)28-45(57(18,19)20)51(39)63-47(59)24-22-37-31-42(54(9,10)11)49(61)43(32-37)55(12,13)14;7-5-3-1-2-4-6-8/h25-32,60-61H,21-24,33H2,1-20H3;7-8H,1-6H2. The molecule has 0 atom stereocenters. The Hall–Kier alpha value is -4.66. The van der Waals surface area contributed by atoms with E-state index in [1.54, 1.807) is 0 Å². The number of phenolic OH excluding ortho intramolecular Hbond substituents is 2. The van der Waals surface area contributed by atoms with Crippen LogP contribution in [0.4, 0.5) is 0 Å². The quantitative estimate of drug-likeness (QED) is 0.0526. The first-order chi connectivity index (χ1) is 32.4. The van der Waals surface area contributed by atoms with Crippen LogP contribution < -0.4 is 9.47 Å². The zero-order valence-corrected chi connectivity index (χ0v) is 47.8. The molecule has 0 bridgehead atoms. The SMILES string of the molecule is Cc1cc(Cc2cc(C)cc(C(C)(C)C)c2OC(=O)CCc2cc(C(C)(C)C)c(O)c(C(C)(C)C)c2)c(OC(=O)CCc2cc(C(C)(C)C)c(O)c(C(C)(C)C)c2)c(C(C)(C)C)c1.OCCCCCCO. The van der Waals surface area contributed by atoms with Crippen LogP contribution in [0.3, 0.4) is 0 Å². The maximum Gasteiger partial charge on any atom is 0.311 e. The summed E-state index contributed by atoms with van der Waals surface area (Å²) in [5.41, 5.74) is 9.24. The molecule has 0 unspecified atom stereocenters. The number of unbranched alkanes of at least 4 members (excludes halogenated alkanes) is 3. The van der Waals surface area contributed by atoms with Gasteiger partial charge in [0.15, 0.2) is 0 Å². The summed E-state index contributed by atoms with van der Waals surface area (Å²) < 4.78 is 12.9. The number of hydrogen-bond acceptors (Lipinski definition) is 8. The molecule has 394 valence electrons. The zero-order valence-electron chi connectivity index (χ0n) is 47.8. The fraction of sp³-hybridized carbons (Fsp3) is 0.587. The molecule has 4 N–H and O–H groups in total. The number of ether oxygens (including phenoxy) is 2. The van der Waals surface area contributed by atoms with Crippen LogP contribution in [0, 0.1) is 13.8 Å². The van der Waals surface area contributed by atoms with Crippen LogP contribution in [0.15, 0.2) is 48.5 Å². The first kappa shape index (κ1) is 60.6. The Balaban J connectivity index is 0.00000153. The Labute approximate surface area is 430 Å². The highest BCUT2D eigenvalue weighted by molar-refractivity contribution is 5.76. The Morgan fingerprint density at radius 2 is 0.676 bits per heavy atom. The minimum absolute atomic E-state index is 0.159. The van der Waals surface area contributed by atoms with E-state index in [0.29, 0.717) is 42.3 Å². The molecule has 0 heterocycles. The van der Waals surface area contributed by atoms with Gasteiger partial charge in [-0.15, -0.1) is 0 Å². The lowest BCUT2D eigenvalue weighted by molar-refractivity contribution is -0.135. The van der Waals surface area contributed by atoms with Crippen molar-refractivity contribution in [2.75, 3.05) is 13.2 Å². The maximum atomic E-state index is 14.0. The molecular formula is C63H94O8. The molecule has 8 nitrogen and oxygen atoms in total. The Bertz CT molecular complexity index is 2210. The monoisotopic (exact) mass is 979 g/mol. The average molecular weight is 979 g/mol. The van der Waals surface area contributed by atoms with Crippen LogP contribution >= 0.6 is 0 Å². The highest BCUT2D eigenvalue weighted by atomic mass is 16.5. The van der Waals surface area contributed by atoms with Gasteiger partial charge in [-0.2, -0.15) is 0 Å². The average Bonchev–Trinajstić information content (AvgIpc) is 3.21. The number of esters is 2. The van der Waals surface area contributed by atoms with Crippen molar-refractivity contribution < 1.29 is 39.5 Å². The maximum absolute atomic E-state index is 14.0. The number of aliphatic hydroxyl groups is 2. The molecule has 0 fully saturated rings. The lowest BCUT2D eigenvalue weighted by Gasteiger charge is -2.28. The van der Waals surface area contributed by atoms with E-state index in [2.05, 4.69) is 163 Å². The molecule has 0 spiro atoms. The summed E-state index contributed by atoms with van der Waals surface area (Å²) in [6, 6.07) is 16.5. The van der Waals surface area contributed by atoms with Gasteiger partial charge in [-0.1, -0.05) is 197 Å². The zero-order chi connectivity index (χ0) is 54.2. The van der Waals surface area contributed by atoms with Gasteiger partial charge >= 0.3 is 11.9 Å².